The highest BCUT2D eigenvalue weighted by Crippen LogP contribution is 2.30. The summed E-state index contributed by atoms with van der Waals surface area (Å²) in [6.45, 7) is 0. The van der Waals surface area contributed by atoms with Crippen molar-refractivity contribution in [3.05, 3.63) is 64.6 Å². The summed E-state index contributed by atoms with van der Waals surface area (Å²) in [7, 11) is -2.72. The molecule has 3 N–H and O–H groups in total. The molecule has 0 bridgehead atoms. The van der Waals surface area contributed by atoms with E-state index in [1.54, 1.807) is 36.5 Å². The molecule has 2 heterocycles. The van der Waals surface area contributed by atoms with Gasteiger partial charge in [-0.05, 0) is 42.0 Å². The van der Waals surface area contributed by atoms with Gasteiger partial charge >= 0.3 is 0 Å². The number of primary sulfonamides is 1. The zero-order chi connectivity index (χ0) is 19.6. The van der Waals surface area contributed by atoms with Crippen molar-refractivity contribution in [2.75, 3.05) is 7.11 Å². The highest BCUT2D eigenvalue weighted by atomic mass is 32.2. The van der Waals surface area contributed by atoms with Crippen LogP contribution in [0.25, 0.3) is 22.5 Å². The lowest BCUT2D eigenvalue weighted by Gasteiger charge is -2.11. The number of H-pyrrole nitrogens is 1. The Morgan fingerprint density at radius 3 is 2.59 bits per heavy atom. The molecule has 1 aromatic carbocycles. The molecule has 0 unspecified atom stereocenters. The molecule has 3 rings (SSSR count). The maximum absolute atomic E-state index is 12.4. The smallest absolute Gasteiger partial charge is 0.267 e. The van der Waals surface area contributed by atoms with Gasteiger partial charge in [-0.1, -0.05) is 6.07 Å². The van der Waals surface area contributed by atoms with Crippen LogP contribution in [0.4, 0.5) is 0 Å². The number of aromatic nitrogens is 2. The Morgan fingerprint density at radius 1 is 1.22 bits per heavy atom. The number of sulfonamides is 1. The van der Waals surface area contributed by atoms with Crippen LogP contribution in [0.15, 0.2) is 58.4 Å². The summed E-state index contributed by atoms with van der Waals surface area (Å²) in [6, 6.07) is 12.9. The van der Waals surface area contributed by atoms with Crippen molar-refractivity contribution in [2.45, 2.75) is 4.90 Å². The van der Waals surface area contributed by atoms with Crippen LogP contribution < -0.4 is 15.4 Å². The number of nitrogens with zero attached hydrogens (tertiary/aromatic N) is 2. The van der Waals surface area contributed by atoms with E-state index in [0.717, 1.165) is 0 Å². The topological polar surface area (TPSA) is 139 Å². The molecule has 8 nitrogen and oxygen atoms in total. The van der Waals surface area contributed by atoms with Crippen molar-refractivity contribution in [1.82, 2.24) is 9.97 Å². The van der Waals surface area contributed by atoms with Crippen LogP contribution in [0.3, 0.4) is 0 Å². The minimum absolute atomic E-state index is 0.0854. The van der Waals surface area contributed by atoms with E-state index in [4.69, 9.17) is 9.88 Å². The Morgan fingerprint density at radius 2 is 2.00 bits per heavy atom. The SMILES string of the molecule is COc1ccc(-c2cc(-c3ccccn3)c(C#N)c(=O)[nH]2)cc1S(N)(=O)=O. The number of rotatable bonds is 4. The van der Waals surface area contributed by atoms with Gasteiger partial charge in [0, 0.05) is 17.5 Å². The van der Waals surface area contributed by atoms with E-state index >= 15 is 0 Å². The number of aromatic amines is 1. The molecular formula is C18H14N4O4S. The van der Waals surface area contributed by atoms with Gasteiger partial charge in [0.15, 0.2) is 0 Å². The van der Waals surface area contributed by atoms with E-state index in [-0.39, 0.29) is 16.2 Å². The lowest BCUT2D eigenvalue weighted by Crippen LogP contribution is -2.15. The van der Waals surface area contributed by atoms with Gasteiger partial charge in [0.05, 0.1) is 12.8 Å². The number of nitrogens with one attached hydrogen (secondary N) is 1. The third-order valence-electron chi connectivity index (χ3n) is 3.87. The van der Waals surface area contributed by atoms with Gasteiger partial charge < -0.3 is 9.72 Å². The summed E-state index contributed by atoms with van der Waals surface area (Å²) in [6.07, 6.45) is 1.55. The van der Waals surface area contributed by atoms with E-state index in [1.165, 1.54) is 19.2 Å². The summed E-state index contributed by atoms with van der Waals surface area (Å²) in [4.78, 5) is 18.9. The second-order valence-electron chi connectivity index (χ2n) is 5.54. The molecule has 0 aliphatic rings. The number of nitrogens with two attached hydrogens (primary N) is 1. The second kappa shape index (κ2) is 7.03. The first-order valence-electron chi connectivity index (χ1n) is 7.65. The first-order valence-corrected chi connectivity index (χ1v) is 9.20. The molecule has 0 saturated heterocycles. The van der Waals surface area contributed by atoms with E-state index < -0.39 is 15.6 Å². The predicted octanol–water partition coefficient (Wildman–Crippen LogP) is 1.63. The quantitative estimate of drug-likeness (QED) is 0.703. The Balaban J connectivity index is 2.27. The van der Waals surface area contributed by atoms with Crippen molar-refractivity contribution >= 4 is 10.0 Å². The molecule has 0 saturated carbocycles. The summed E-state index contributed by atoms with van der Waals surface area (Å²) in [5.74, 6) is 0.0854. The fourth-order valence-electron chi connectivity index (χ4n) is 2.62. The van der Waals surface area contributed by atoms with Gasteiger partial charge in [0.1, 0.15) is 22.3 Å². The first kappa shape index (κ1) is 18.3. The van der Waals surface area contributed by atoms with Crippen LogP contribution >= 0.6 is 0 Å². The molecule has 0 atom stereocenters. The van der Waals surface area contributed by atoms with Crippen molar-refractivity contribution in [3.63, 3.8) is 0 Å². The average molecular weight is 382 g/mol. The third-order valence-corrected chi connectivity index (χ3v) is 4.80. The number of benzene rings is 1. The number of ether oxygens (including phenoxy) is 1. The Kier molecular flexibility index (Phi) is 4.77. The molecule has 27 heavy (non-hydrogen) atoms. The van der Waals surface area contributed by atoms with Gasteiger partial charge in [0.2, 0.25) is 10.0 Å². The van der Waals surface area contributed by atoms with Crippen LogP contribution in [-0.4, -0.2) is 25.5 Å². The monoisotopic (exact) mass is 382 g/mol. The highest BCUT2D eigenvalue weighted by molar-refractivity contribution is 7.89. The molecule has 0 radical (unpaired) electrons. The van der Waals surface area contributed by atoms with E-state index in [9.17, 15) is 18.5 Å². The molecule has 0 aliphatic heterocycles. The van der Waals surface area contributed by atoms with Crippen molar-refractivity contribution < 1.29 is 13.2 Å². The molecule has 0 fully saturated rings. The fraction of sp³-hybridized carbons (Fsp3) is 0.0556. The first-order chi connectivity index (χ1) is 12.8. The number of pyridine rings is 2. The summed E-state index contributed by atoms with van der Waals surface area (Å²) in [5, 5.41) is 14.6. The number of methoxy groups -OCH3 is 1. The second-order valence-corrected chi connectivity index (χ2v) is 7.07. The van der Waals surface area contributed by atoms with E-state index in [0.29, 0.717) is 22.5 Å². The van der Waals surface area contributed by atoms with Crippen LogP contribution in [-0.2, 0) is 10.0 Å². The summed E-state index contributed by atoms with van der Waals surface area (Å²) in [5.41, 5.74) is 0.790. The van der Waals surface area contributed by atoms with Gasteiger partial charge in [-0.15, -0.1) is 0 Å². The van der Waals surface area contributed by atoms with Gasteiger partial charge in [-0.25, -0.2) is 13.6 Å². The molecule has 2 aromatic heterocycles. The Bertz CT molecular complexity index is 1210. The largest absolute Gasteiger partial charge is 0.495 e. The minimum atomic E-state index is -4.04. The number of hydrogen-bond acceptors (Lipinski definition) is 6. The van der Waals surface area contributed by atoms with Crippen molar-refractivity contribution in [3.8, 4) is 34.3 Å². The summed E-state index contributed by atoms with van der Waals surface area (Å²) >= 11 is 0. The van der Waals surface area contributed by atoms with Gasteiger partial charge in [-0.2, -0.15) is 5.26 Å². The van der Waals surface area contributed by atoms with Gasteiger partial charge in [-0.3, -0.25) is 9.78 Å². The maximum Gasteiger partial charge on any atom is 0.267 e. The standard InChI is InChI=1S/C18H14N4O4S/c1-26-16-6-5-11(8-17(16)27(20,24)25)15-9-12(13(10-19)18(23)22-15)14-4-2-3-7-21-14/h2-9H,1H3,(H,22,23)(H2,20,24,25). The lowest BCUT2D eigenvalue weighted by atomic mass is 10.0. The molecule has 0 amide bonds. The van der Waals surface area contributed by atoms with Gasteiger partial charge in [0.25, 0.3) is 5.56 Å². The molecule has 136 valence electrons. The Labute approximate surface area is 154 Å². The molecule has 3 aromatic rings. The van der Waals surface area contributed by atoms with Crippen LogP contribution in [0.2, 0.25) is 0 Å². The van der Waals surface area contributed by atoms with E-state index in [2.05, 4.69) is 9.97 Å². The van der Waals surface area contributed by atoms with Crippen LogP contribution in [0, 0.1) is 11.3 Å². The summed E-state index contributed by atoms with van der Waals surface area (Å²) < 4.78 is 28.7. The fourth-order valence-corrected chi connectivity index (χ4v) is 3.34. The predicted molar refractivity (Wildman–Crippen MR) is 98.4 cm³/mol. The molecule has 9 heteroatoms. The minimum Gasteiger partial charge on any atom is -0.495 e. The zero-order valence-electron chi connectivity index (χ0n) is 14.1. The molecule has 0 aliphatic carbocycles. The highest BCUT2D eigenvalue weighted by Gasteiger charge is 2.18. The number of hydrogen-bond donors (Lipinski definition) is 2. The van der Waals surface area contributed by atoms with Crippen molar-refractivity contribution in [1.29, 1.82) is 5.26 Å². The zero-order valence-corrected chi connectivity index (χ0v) is 14.9. The van der Waals surface area contributed by atoms with Crippen molar-refractivity contribution in [2.24, 2.45) is 5.14 Å². The van der Waals surface area contributed by atoms with Crippen LogP contribution in [0.5, 0.6) is 5.75 Å². The number of nitriles is 1. The maximum atomic E-state index is 12.4. The average Bonchev–Trinajstić information content (AvgIpc) is 2.66. The molecule has 0 spiro atoms. The normalized spacial score (nSPS) is 11.0. The molecular weight excluding hydrogens is 368 g/mol. The third kappa shape index (κ3) is 3.57. The lowest BCUT2D eigenvalue weighted by molar-refractivity contribution is 0.403. The van der Waals surface area contributed by atoms with E-state index in [1.807, 2.05) is 6.07 Å². The van der Waals surface area contributed by atoms with Crippen LogP contribution in [0.1, 0.15) is 5.56 Å². The Hall–Kier alpha value is -3.48.